The molecule has 0 radical (unpaired) electrons. The van der Waals surface area contributed by atoms with Crippen LogP contribution in [-0.4, -0.2) is 65.1 Å². The topological polar surface area (TPSA) is 102 Å². The van der Waals surface area contributed by atoms with Crippen LogP contribution in [0.4, 0.5) is 10.1 Å². The van der Waals surface area contributed by atoms with E-state index >= 15 is 0 Å². The predicted octanol–water partition coefficient (Wildman–Crippen LogP) is 3.80. The third-order valence-electron chi connectivity index (χ3n) is 7.41. The second-order valence-electron chi connectivity index (χ2n) is 11.4. The van der Waals surface area contributed by atoms with Gasteiger partial charge in [-0.1, -0.05) is 46.5 Å². The van der Waals surface area contributed by atoms with Crippen molar-refractivity contribution in [3.05, 3.63) is 30.1 Å². The van der Waals surface area contributed by atoms with Crippen LogP contribution in [-0.2, 0) is 14.4 Å². The van der Waals surface area contributed by atoms with E-state index in [1.54, 1.807) is 17.0 Å². The largest absolute Gasteiger partial charge is 0.382 e. The lowest BCUT2D eigenvalue weighted by Crippen LogP contribution is -2.58. The second kappa shape index (κ2) is 12.5. The van der Waals surface area contributed by atoms with Gasteiger partial charge in [0, 0.05) is 24.8 Å². The van der Waals surface area contributed by atoms with Crippen molar-refractivity contribution < 1.29 is 24.0 Å². The van der Waals surface area contributed by atoms with Crippen LogP contribution < -0.4 is 10.6 Å². The molecule has 8 nitrogen and oxygen atoms in total. The first-order valence-corrected chi connectivity index (χ1v) is 13.1. The van der Waals surface area contributed by atoms with Crippen LogP contribution in [0.3, 0.4) is 0 Å². The van der Waals surface area contributed by atoms with E-state index in [9.17, 15) is 24.0 Å². The molecule has 2 aliphatic rings. The normalized spacial score (nSPS) is 19.0. The molecule has 3 rings (SSSR count). The van der Waals surface area contributed by atoms with Crippen LogP contribution in [0.2, 0.25) is 0 Å². The summed E-state index contributed by atoms with van der Waals surface area (Å²) in [7, 11) is 0. The zero-order valence-electron chi connectivity index (χ0n) is 21.7. The standard InChI is InChI=1S/C27H41FN4O4/c1-27(2,3)24(30-25(34)20(17-32(36)18-33)16-19-6-4-5-7-19)26(35)31-14-12-23(13-15-31)29-22-10-8-21(28)9-11-22/h8-11,18-20,23-24,29,36H,4-7,12-17H2,1-3H3,(H,30,34)/t20-,24-/m0/s1. The second-order valence-corrected chi connectivity index (χ2v) is 11.4. The molecule has 0 unspecified atom stereocenters. The molecule has 2 atom stereocenters. The number of carbonyl (C=O) groups excluding carboxylic acids is 3. The Kier molecular flexibility index (Phi) is 9.70. The van der Waals surface area contributed by atoms with Gasteiger partial charge in [-0.25, -0.2) is 9.45 Å². The monoisotopic (exact) mass is 504 g/mol. The Balaban J connectivity index is 1.61. The number of likely N-dealkylation sites (tertiary alicyclic amines) is 1. The summed E-state index contributed by atoms with van der Waals surface area (Å²) in [6.07, 6.45) is 6.73. The summed E-state index contributed by atoms with van der Waals surface area (Å²) < 4.78 is 13.2. The van der Waals surface area contributed by atoms with Crippen molar-refractivity contribution in [1.29, 1.82) is 0 Å². The minimum absolute atomic E-state index is 0.0860. The van der Waals surface area contributed by atoms with Gasteiger partial charge in [0.1, 0.15) is 11.9 Å². The number of hydrogen-bond donors (Lipinski definition) is 3. The molecule has 0 aromatic heterocycles. The zero-order chi connectivity index (χ0) is 26.3. The molecule has 1 saturated heterocycles. The van der Waals surface area contributed by atoms with Crippen LogP contribution in [0.15, 0.2) is 24.3 Å². The maximum atomic E-state index is 13.6. The molecule has 2 fully saturated rings. The zero-order valence-corrected chi connectivity index (χ0v) is 21.7. The molecule has 1 saturated carbocycles. The quantitative estimate of drug-likeness (QED) is 0.256. The predicted molar refractivity (Wildman–Crippen MR) is 136 cm³/mol. The fraction of sp³-hybridized carbons (Fsp3) is 0.667. The van der Waals surface area contributed by atoms with Crippen molar-refractivity contribution in [2.24, 2.45) is 17.3 Å². The Morgan fingerprint density at radius 3 is 2.31 bits per heavy atom. The third kappa shape index (κ3) is 7.91. The third-order valence-corrected chi connectivity index (χ3v) is 7.41. The minimum atomic E-state index is -0.721. The Morgan fingerprint density at radius 2 is 1.75 bits per heavy atom. The van der Waals surface area contributed by atoms with E-state index in [0.717, 1.165) is 44.2 Å². The molecular formula is C27H41FN4O4. The first kappa shape index (κ1) is 27.9. The number of halogens is 1. The van der Waals surface area contributed by atoms with Gasteiger partial charge >= 0.3 is 0 Å². The van der Waals surface area contributed by atoms with E-state index in [-0.39, 0.29) is 30.2 Å². The Labute approximate surface area is 213 Å². The molecule has 9 heteroatoms. The van der Waals surface area contributed by atoms with Gasteiger partial charge in [-0.3, -0.25) is 19.6 Å². The Hall–Kier alpha value is -2.68. The van der Waals surface area contributed by atoms with Crippen molar-refractivity contribution >= 4 is 23.9 Å². The van der Waals surface area contributed by atoms with Crippen molar-refractivity contribution in [3.63, 3.8) is 0 Å². The van der Waals surface area contributed by atoms with E-state index in [0.29, 0.717) is 36.9 Å². The van der Waals surface area contributed by atoms with Crippen molar-refractivity contribution in [3.8, 4) is 0 Å². The molecule has 200 valence electrons. The number of nitrogens with zero attached hydrogens (tertiary/aromatic N) is 2. The van der Waals surface area contributed by atoms with Gasteiger partial charge in [0.25, 0.3) is 0 Å². The van der Waals surface area contributed by atoms with Crippen LogP contribution in [0.5, 0.6) is 0 Å². The first-order chi connectivity index (χ1) is 17.1. The summed E-state index contributed by atoms with van der Waals surface area (Å²) in [5.74, 6) is -0.890. The molecule has 1 aliphatic heterocycles. The van der Waals surface area contributed by atoms with Crippen molar-refractivity contribution in [2.75, 3.05) is 25.0 Å². The van der Waals surface area contributed by atoms with Crippen LogP contribution >= 0.6 is 0 Å². The molecule has 0 bridgehead atoms. The summed E-state index contributed by atoms with van der Waals surface area (Å²) in [6.45, 7) is 6.80. The summed E-state index contributed by atoms with van der Waals surface area (Å²) in [6, 6.07) is 5.71. The van der Waals surface area contributed by atoms with Crippen molar-refractivity contribution in [2.45, 2.75) is 77.8 Å². The molecular weight excluding hydrogens is 463 g/mol. The summed E-state index contributed by atoms with van der Waals surface area (Å²) in [5.41, 5.74) is 0.333. The molecule has 3 amide bonds. The molecule has 36 heavy (non-hydrogen) atoms. The lowest BCUT2D eigenvalue weighted by atomic mass is 9.84. The number of benzene rings is 1. The van der Waals surface area contributed by atoms with Gasteiger partial charge in [0.15, 0.2) is 0 Å². The van der Waals surface area contributed by atoms with E-state index in [4.69, 9.17) is 0 Å². The van der Waals surface area contributed by atoms with E-state index in [1.165, 1.54) is 12.1 Å². The SMILES string of the molecule is CC(C)(C)[C@@H](NC(=O)[C@@H](CC1CCCC1)CN(O)C=O)C(=O)N1CCC(Nc2ccc(F)cc2)CC1. The molecule has 1 aromatic rings. The Bertz CT molecular complexity index is 875. The maximum absolute atomic E-state index is 13.6. The van der Waals surface area contributed by atoms with E-state index in [2.05, 4.69) is 10.6 Å². The van der Waals surface area contributed by atoms with Crippen LogP contribution in [0.1, 0.15) is 65.7 Å². The fourth-order valence-corrected chi connectivity index (χ4v) is 5.30. The average molecular weight is 505 g/mol. The van der Waals surface area contributed by atoms with Gasteiger partial charge in [0.05, 0.1) is 12.5 Å². The van der Waals surface area contributed by atoms with Gasteiger partial charge in [-0.15, -0.1) is 0 Å². The smallest absolute Gasteiger partial charge is 0.245 e. The van der Waals surface area contributed by atoms with Gasteiger partial charge < -0.3 is 15.5 Å². The van der Waals surface area contributed by atoms with Crippen molar-refractivity contribution in [1.82, 2.24) is 15.3 Å². The summed E-state index contributed by atoms with van der Waals surface area (Å²) in [4.78, 5) is 39.7. The molecule has 1 heterocycles. The highest BCUT2D eigenvalue weighted by Gasteiger charge is 2.38. The van der Waals surface area contributed by atoms with Gasteiger partial charge in [-0.2, -0.15) is 0 Å². The highest BCUT2D eigenvalue weighted by atomic mass is 19.1. The number of rotatable bonds is 10. The number of hydrogen-bond acceptors (Lipinski definition) is 5. The Morgan fingerprint density at radius 1 is 1.14 bits per heavy atom. The number of nitrogens with one attached hydrogen (secondary N) is 2. The summed E-state index contributed by atoms with van der Waals surface area (Å²) in [5, 5.41) is 16.7. The number of piperidine rings is 1. The average Bonchev–Trinajstić information content (AvgIpc) is 3.36. The van der Waals surface area contributed by atoms with Gasteiger partial charge in [-0.05, 0) is 54.9 Å². The minimum Gasteiger partial charge on any atom is -0.382 e. The lowest BCUT2D eigenvalue weighted by molar-refractivity contribution is -0.156. The number of amides is 3. The highest BCUT2D eigenvalue weighted by Crippen LogP contribution is 2.31. The van der Waals surface area contributed by atoms with Crippen LogP contribution in [0.25, 0.3) is 0 Å². The number of carbonyl (C=O) groups is 3. The lowest BCUT2D eigenvalue weighted by Gasteiger charge is -2.39. The van der Waals surface area contributed by atoms with Crippen LogP contribution in [0, 0.1) is 23.1 Å². The maximum Gasteiger partial charge on any atom is 0.245 e. The van der Waals surface area contributed by atoms with Gasteiger partial charge in [0.2, 0.25) is 18.2 Å². The molecule has 0 spiro atoms. The number of hydroxylamine groups is 2. The summed E-state index contributed by atoms with van der Waals surface area (Å²) >= 11 is 0. The van der Waals surface area contributed by atoms with E-state index < -0.39 is 17.4 Å². The fourth-order valence-electron chi connectivity index (χ4n) is 5.30. The number of anilines is 1. The highest BCUT2D eigenvalue weighted by molar-refractivity contribution is 5.89. The van der Waals surface area contributed by atoms with E-state index in [1.807, 2.05) is 20.8 Å². The molecule has 1 aliphatic carbocycles. The molecule has 3 N–H and O–H groups in total. The molecule has 1 aromatic carbocycles. The first-order valence-electron chi connectivity index (χ1n) is 13.1.